The van der Waals surface area contributed by atoms with Gasteiger partial charge in [-0.05, 0) is 12.8 Å². The van der Waals surface area contributed by atoms with Crippen molar-refractivity contribution in [3.05, 3.63) is 0 Å². The van der Waals surface area contributed by atoms with Crippen LogP contribution in [0.15, 0.2) is 0 Å². The highest BCUT2D eigenvalue weighted by Gasteiger charge is 2.16. The predicted octanol–water partition coefficient (Wildman–Crippen LogP) is -2.86. The van der Waals surface area contributed by atoms with Crippen molar-refractivity contribution in [2.75, 3.05) is 54.9 Å². The summed E-state index contributed by atoms with van der Waals surface area (Å²) in [5, 5.41) is 0. The van der Waals surface area contributed by atoms with Crippen LogP contribution >= 0.6 is 0 Å². The lowest BCUT2D eigenvalue weighted by molar-refractivity contribution is -0.902. The molecule has 4 heteroatoms. The van der Waals surface area contributed by atoms with Crippen LogP contribution in [0, 0.1) is 0 Å². The maximum Gasteiger partial charge on any atom is 0.0836 e. The van der Waals surface area contributed by atoms with Crippen molar-refractivity contribution in [2.24, 2.45) is 0 Å². The summed E-state index contributed by atoms with van der Waals surface area (Å²) in [7, 11) is 11.6. The number of nitrogens with zero attached hydrogens (tertiary/aromatic N) is 2. The van der Waals surface area contributed by atoms with Gasteiger partial charge in [0.25, 0.3) is 0 Å². The highest BCUT2D eigenvalue weighted by atomic mass is 35.5. The monoisotopic (exact) mass is 314 g/mol. The lowest BCUT2D eigenvalue weighted by Gasteiger charge is -2.31. The zero-order chi connectivity index (χ0) is 13.4. The molecule has 0 bridgehead atoms. The summed E-state index contributed by atoms with van der Waals surface area (Å²) in [6, 6.07) is 0. The van der Waals surface area contributed by atoms with Crippen LogP contribution in [0.4, 0.5) is 0 Å². The van der Waals surface area contributed by atoms with Crippen molar-refractivity contribution in [3.8, 4) is 0 Å². The van der Waals surface area contributed by atoms with E-state index in [0.717, 1.165) is 4.48 Å². The molecule has 0 heterocycles. The van der Waals surface area contributed by atoms with E-state index in [2.05, 4.69) is 42.2 Å². The Balaban J connectivity index is -0.00000128. The van der Waals surface area contributed by atoms with E-state index in [1.165, 1.54) is 62.6 Å². The normalized spacial score (nSPS) is 11.7. The van der Waals surface area contributed by atoms with Crippen LogP contribution < -0.4 is 24.8 Å². The summed E-state index contributed by atoms with van der Waals surface area (Å²) in [5.41, 5.74) is 0. The molecule has 0 saturated carbocycles. The lowest BCUT2D eigenvalue weighted by atomic mass is 10.1. The first-order valence-corrected chi connectivity index (χ1v) is 7.39. The molecule has 0 aliphatic rings. The number of hydrogen-bond acceptors (Lipinski definition) is 0. The summed E-state index contributed by atoms with van der Waals surface area (Å²) >= 11 is 0. The molecule has 0 rings (SSSR count). The smallest absolute Gasteiger partial charge is 0.0836 e. The van der Waals surface area contributed by atoms with Gasteiger partial charge in [-0.3, -0.25) is 0 Å². The molecule has 0 aromatic heterocycles. The highest BCUT2D eigenvalue weighted by molar-refractivity contribution is 4.43. The Morgan fingerprint density at radius 2 is 1.05 bits per heavy atom. The topological polar surface area (TPSA) is 0 Å². The van der Waals surface area contributed by atoms with Crippen LogP contribution in [-0.2, 0) is 0 Å². The van der Waals surface area contributed by atoms with E-state index >= 15 is 0 Å². The Hall–Kier alpha value is 0.500. The third-order valence-electron chi connectivity index (χ3n) is 3.46. The molecule has 0 aliphatic carbocycles. The molecular formula is C15H36Cl2N2. The van der Waals surface area contributed by atoms with Crippen molar-refractivity contribution in [1.29, 1.82) is 0 Å². The van der Waals surface area contributed by atoms with Gasteiger partial charge in [0.15, 0.2) is 0 Å². The maximum absolute atomic E-state index is 2.38. The summed E-state index contributed by atoms with van der Waals surface area (Å²) in [4.78, 5) is 0. The second-order valence-electron chi connectivity index (χ2n) is 7.16. The maximum atomic E-state index is 2.38. The molecule has 2 nitrogen and oxygen atoms in total. The number of quaternary nitrogens is 2. The average Bonchev–Trinajstić information content (AvgIpc) is 2.14. The van der Waals surface area contributed by atoms with E-state index in [0.29, 0.717) is 0 Å². The Bertz CT molecular complexity index is 189. The Morgan fingerprint density at radius 3 is 1.53 bits per heavy atom. The van der Waals surface area contributed by atoms with E-state index in [4.69, 9.17) is 0 Å². The predicted molar refractivity (Wildman–Crippen MR) is 78.1 cm³/mol. The minimum absolute atomic E-state index is 0. The highest BCUT2D eigenvalue weighted by Crippen LogP contribution is 2.08. The van der Waals surface area contributed by atoms with E-state index < -0.39 is 0 Å². The van der Waals surface area contributed by atoms with Gasteiger partial charge in [0.05, 0.1) is 54.9 Å². The quantitative estimate of drug-likeness (QED) is 0.301. The number of halogens is 2. The molecule has 0 radical (unpaired) electrons. The van der Waals surface area contributed by atoms with Gasteiger partial charge in [-0.25, -0.2) is 0 Å². The molecule has 0 aliphatic heterocycles. The molecule has 0 aromatic carbocycles. The third kappa shape index (κ3) is 18.5. The molecule has 19 heavy (non-hydrogen) atoms. The van der Waals surface area contributed by atoms with E-state index in [9.17, 15) is 0 Å². The van der Waals surface area contributed by atoms with Crippen LogP contribution in [0.2, 0.25) is 0 Å². The van der Waals surface area contributed by atoms with Gasteiger partial charge in [-0.15, -0.1) is 0 Å². The van der Waals surface area contributed by atoms with Crippen molar-refractivity contribution in [1.82, 2.24) is 0 Å². The summed E-state index contributed by atoms with van der Waals surface area (Å²) in [6.45, 7) is 6.24. The van der Waals surface area contributed by atoms with Crippen LogP contribution in [0.5, 0.6) is 0 Å². The van der Waals surface area contributed by atoms with Gasteiger partial charge < -0.3 is 33.8 Å². The van der Waals surface area contributed by atoms with Gasteiger partial charge >= 0.3 is 0 Å². The largest absolute Gasteiger partial charge is 1.00 e. The summed E-state index contributed by atoms with van der Waals surface area (Å²) < 4.78 is 2.29. The Labute approximate surface area is 134 Å². The van der Waals surface area contributed by atoms with Gasteiger partial charge in [0.2, 0.25) is 0 Å². The van der Waals surface area contributed by atoms with Crippen molar-refractivity contribution >= 4 is 0 Å². The standard InChI is InChI=1S/C15H36N2.2ClH/c1-7-8-9-10-11-14-17(5,6)15-12-13-16(2,3)4;;/h7-15H2,1-6H3;2*1H/q+2;;/p-2. The first kappa shape index (κ1) is 24.5. The fourth-order valence-corrected chi connectivity index (χ4v) is 2.23. The van der Waals surface area contributed by atoms with Crippen molar-refractivity contribution < 1.29 is 33.8 Å². The molecule has 0 N–H and O–H groups in total. The Morgan fingerprint density at radius 1 is 0.579 bits per heavy atom. The van der Waals surface area contributed by atoms with Gasteiger partial charge in [-0.1, -0.05) is 26.2 Å². The van der Waals surface area contributed by atoms with Gasteiger partial charge in [-0.2, -0.15) is 0 Å². The SMILES string of the molecule is CCCCCCC[N+](C)(C)CCC[N+](C)(C)C.[Cl-].[Cl-]. The Kier molecular flexibility index (Phi) is 15.8. The molecule has 0 saturated heterocycles. The van der Waals surface area contributed by atoms with Crippen LogP contribution in [0.1, 0.15) is 45.4 Å². The van der Waals surface area contributed by atoms with Gasteiger partial charge in [0, 0.05) is 6.42 Å². The fourth-order valence-electron chi connectivity index (χ4n) is 2.23. The summed E-state index contributed by atoms with van der Waals surface area (Å²) in [6.07, 6.45) is 8.35. The minimum atomic E-state index is 0. The second kappa shape index (κ2) is 12.3. The zero-order valence-corrected chi connectivity index (χ0v) is 15.5. The van der Waals surface area contributed by atoms with Crippen LogP contribution in [0.25, 0.3) is 0 Å². The number of unbranched alkanes of at least 4 members (excludes halogenated alkanes) is 4. The molecule has 120 valence electrons. The third-order valence-corrected chi connectivity index (χ3v) is 3.46. The first-order valence-electron chi connectivity index (χ1n) is 7.39. The molecule has 0 aromatic rings. The molecule has 0 fully saturated rings. The number of rotatable bonds is 10. The molecule has 0 amide bonds. The fraction of sp³-hybridized carbons (Fsp3) is 1.00. The molecular weight excluding hydrogens is 279 g/mol. The van der Waals surface area contributed by atoms with Crippen molar-refractivity contribution in [3.63, 3.8) is 0 Å². The van der Waals surface area contributed by atoms with E-state index in [1.54, 1.807) is 0 Å². The lowest BCUT2D eigenvalue weighted by Crippen LogP contribution is -3.00. The number of hydrogen-bond donors (Lipinski definition) is 0. The van der Waals surface area contributed by atoms with E-state index in [1.807, 2.05) is 0 Å². The first-order chi connectivity index (χ1) is 7.77. The molecule has 0 spiro atoms. The zero-order valence-electron chi connectivity index (χ0n) is 14.0. The second-order valence-corrected chi connectivity index (χ2v) is 7.16. The minimum Gasteiger partial charge on any atom is -1.00 e. The molecule has 0 atom stereocenters. The molecule has 0 unspecified atom stereocenters. The van der Waals surface area contributed by atoms with Gasteiger partial charge in [0.1, 0.15) is 0 Å². The van der Waals surface area contributed by atoms with Crippen LogP contribution in [-0.4, -0.2) is 63.8 Å². The average molecular weight is 315 g/mol. The van der Waals surface area contributed by atoms with Crippen LogP contribution in [0.3, 0.4) is 0 Å². The summed E-state index contributed by atoms with van der Waals surface area (Å²) in [5.74, 6) is 0. The van der Waals surface area contributed by atoms with Crippen molar-refractivity contribution in [2.45, 2.75) is 45.4 Å². The van der Waals surface area contributed by atoms with E-state index in [-0.39, 0.29) is 24.8 Å².